The molecule has 3 nitrogen and oxygen atoms in total. The number of hydrogen-bond acceptors (Lipinski definition) is 3. The molecule has 1 N–H and O–H groups in total. The molecule has 0 radical (unpaired) electrons. The summed E-state index contributed by atoms with van der Waals surface area (Å²) in [4.78, 5) is 4.89. The Morgan fingerprint density at radius 1 is 1.15 bits per heavy atom. The summed E-state index contributed by atoms with van der Waals surface area (Å²) in [7, 11) is 0. The van der Waals surface area contributed by atoms with Gasteiger partial charge in [-0.25, -0.2) is 4.39 Å². The van der Waals surface area contributed by atoms with Crippen LogP contribution in [-0.4, -0.2) is 50.2 Å². The Morgan fingerprint density at radius 2 is 1.80 bits per heavy atom. The standard InChI is InChI=1S/C16H26FN3/c1-3-18-9-8-14(2)19-10-12-20(13-11-19)16-6-4-15(17)5-7-16/h4-7,14,18H,3,8-13H2,1-2H3. The van der Waals surface area contributed by atoms with E-state index in [0.717, 1.165) is 45.0 Å². The highest BCUT2D eigenvalue weighted by molar-refractivity contribution is 5.46. The summed E-state index contributed by atoms with van der Waals surface area (Å²) in [5.74, 6) is -0.163. The van der Waals surface area contributed by atoms with Gasteiger partial charge >= 0.3 is 0 Å². The Balaban J connectivity index is 1.78. The van der Waals surface area contributed by atoms with E-state index < -0.39 is 0 Å². The van der Waals surface area contributed by atoms with Crippen LogP contribution in [-0.2, 0) is 0 Å². The van der Waals surface area contributed by atoms with E-state index >= 15 is 0 Å². The number of benzene rings is 1. The van der Waals surface area contributed by atoms with Crippen molar-refractivity contribution in [1.29, 1.82) is 0 Å². The number of halogens is 1. The minimum Gasteiger partial charge on any atom is -0.369 e. The zero-order valence-corrected chi connectivity index (χ0v) is 12.6. The van der Waals surface area contributed by atoms with Crippen molar-refractivity contribution in [1.82, 2.24) is 10.2 Å². The average molecular weight is 279 g/mol. The van der Waals surface area contributed by atoms with Crippen molar-refractivity contribution in [2.75, 3.05) is 44.2 Å². The second-order valence-electron chi connectivity index (χ2n) is 5.49. The van der Waals surface area contributed by atoms with Crippen LogP contribution in [0.1, 0.15) is 20.3 Å². The molecule has 0 saturated carbocycles. The lowest BCUT2D eigenvalue weighted by Crippen LogP contribution is -2.50. The zero-order chi connectivity index (χ0) is 14.4. The second-order valence-corrected chi connectivity index (χ2v) is 5.49. The van der Waals surface area contributed by atoms with E-state index in [0.29, 0.717) is 6.04 Å². The molecular formula is C16H26FN3. The molecule has 0 spiro atoms. The minimum absolute atomic E-state index is 0.163. The third kappa shape index (κ3) is 4.18. The van der Waals surface area contributed by atoms with Crippen LogP contribution in [0.4, 0.5) is 10.1 Å². The maximum atomic E-state index is 12.9. The van der Waals surface area contributed by atoms with Gasteiger partial charge < -0.3 is 10.2 Å². The highest BCUT2D eigenvalue weighted by Gasteiger charge is 2.20. The molecule has 1 atom stereocenters. The van der Waals surface area contributed by atoms with Gasteiger partial charge in [-0.15, -0.1) is 0 Å². The summed E-state index contributed by atoms with van der Waals surface area (Å²) >= 11 is 0. The van der Waals surface area contributed by atoms with Gasteiger partial charge in [0, 0.05) is 37.9 Å². The largest absolute Gasteiger partial charge is 0.369 e. The molecule has 112 valence electrons. The number of anilines is 1. The van der Waals surface area contributed by atoms with Gasteiger partial charge in [-0.3, -0.25) is 4.90 Å². The predicted molar refractivity (Wildman–Crippen MR) is 82.8 cm³/mol. The van der Waals surface area contributed by atoms with E-state index in [2.05, 4.69) is 29.0 Å². The van der Waals surface area contributed by atoms with Crippen LogP contribution in [0, 0.1) is 5.82 Å². The molecule has 1 unspecified atom stereocenters. The second kappa shape index (κ2) is 7.60. The Labute approximate surface area is 121 Å². The first-order valence-corrected chi connectivity index (χ1v) is 7.66. The molecule has 1 aromatic carbocycles. The summed E-state index contributed by atoms with van der Waals surface area (Å²) in [5, 5.41) is 3.39. The van der Waals surface area contributed by atoms with Gasteiger partial charge in [0.25, 0.3) is 0 Å². The van der Waals surface area contributed by atoms with E-state index in [9.17, 15) is 4.39 Å². The third-order valence-corrected chi connectivity index (χ3v) is 4.12. The van der Waals surface area contributed by atoms with E-state index in [1.165, 1.54) is 6.42 Å². The Bertz CT molecular complexity index is 385. The summed E-state index contributed by atoms with van der Waals surface area (Å²) in [6.07, 6.45) is 1.20. The van der Waals surface area contributed by atoms with Crippen molar-refractivity contribution in [3.63, 3.8) is 0 Å². The molecule has 1 saturated heterocycles. The molecule has 0 amide bonds. The van der Waals surface area contributed by atoms with Crippen LogP contribution in [0.3, 0.4) is 0 Å². The van der Waals surface area contributed by atoms with E-state index in [4.69, 9.17) is 0 Å². The molecule has 0 aromatic heterocycles. The number of piperazine rings is 1. The highest BCUT2D eigenvalue weighted by atomic mass is 19.1. The third-order valence-electron chi connectivity index (χ3n) is 4.12. The minimum atomic E-state index is -0.163. The van der Waals surface area contributed by atoms with Gasteiger partial charge in [0.05, 0.1) is 0 Å². The maximum absolute atomic E-state index is 12.9. The molecule has 4 heteroatoms. The van der Waals surface area contributed by atoms with Crippen LogP contribution in [0.5, 0.6) is 0 Å². The van der Waals surface area contributed by atoms with Gasteiger partial charge in [-0.2, -0.15) is 0 Å². The first kappa shape index (κ1) is 15.3. The van der Waals surface area contributed by atoms with Crippen molar-refractivity contribution in [2.24, 2.45) is 0 Å². The Hall–Kier alpha value is -1.13. The molecule has 1 heterocycles. The maximum Gasteiger partial charge on any atom is 0.123 e. The average Bonchev–Trinajstić information content (AvgIpc) is 2.48. The first-order chi connectivity index (χ1) is 9.70. The summed E-state index contributed by atoms with van der Waals surface area (Å²) in [6.45, 7) is 10.8. The van der Waals surface area contributed by atoms with Gasteiger partial charge in [0.1, 0.15) is 5.82 Å². The topological polar surface area (TPSA) is 18.5 Å². The van der Waals surface area contributed by atoms with Crippen LogP contribution in [0.15, 0.2) is 24.3 Å². The van der Waals surface area contributed by atoms with Crippen molar-refractivity contribution >= 4 is 5.69 Å². The van der Waals surface area contributed by atoms with Gasteiger partial charge in [0.15, 0.2) is 0 Å². The molecule has 1 fully saturated rings. The number of hydrogen-bond donors (Lipinski definition) is 1. The molecule has 0 aliphatic carbocycles. The van der Waals surface area contributed by atoms with Crippen LogP contribution in [0.2, 0.25) is 0 Å². The zero-order valence-electron chi connectivity index (χ0n) is 12.6. The van der Waals surface area contributed by atoms with Crippen molar-refractivity contribution in [3.8, 4) is 0 Å². The lowest BCUT2D eigenvalue weighted by atomic mass is 10.1. The molecular weight excluding hydrogens is 253 g/mol. The van der Waals surface area contributed by atoms with Crippen LogP contribution < -0.4 is 10.2 Å². The van der Waals surface area contributed by atoms with Crippen molar-refractivity contribution in [2.45, 2.75) is 26.3 Å². The molecule has 1 aliphatic rings. The van der Waals surface area contributed by atoms with E-state index in [1.54, 1.807) is 12.1 Å². The molecule has 1 aromatic rings. The van der Waals surface area contributed by atoms with Gasteiger partial charge in [0.2, 0.25) is 0 Å². The van der Waals surface area contributed by atoms with Crippen molar-refractivity contribution in [3.05, 3.63) is 30.1 Å². The Kier molecular flexibility index (Phi) is 5.80. The van der Waals surface area contributed by atoms with E-state index in [-0.39, 0.29) is 5.82 Å². The predicted octanol–water partition coefficient (Wildman–Crippen LogP) is 2.34. The summed E-state index contributed by atoms with van der Waals surface area (Å²) in [5.41, 5.74) is 1.13. The molecule has 2 rings (SSSR count). The number of nitrogens with one attached hydrogen (secondary N) is 1. The quantitative estimate of drug-likeness (QED) is 0.806. The SMILES string of the molecule is CCNCCC(C)N1CCN(c2ccc(F)cc2)CC1. The lowest BCUT2D eigenvalue weighted by Gasteiger charge is -2.39. The van der Waals surface area contributed by atoms with Gasteiger partial charge in [-0.1, -0.05) is 6.92 Å². The fourth-order valence-electron chi connectivity index (χ4n) is 2.74. The lowest BCUT2D eigenvalue weighted by molar-refractivity contribution is 0.188. The number of rotatable bonds is 6. The van der Waals surface area contributed by atoms with Gasteiger partial charge in [-0.05, 0) is 50.7 Å². The number of nitrogens with zero attached hydrogens (tertiary/aromatic N) is 2. The smallest absolute Gasteiger partial charge is 0.123 e. The van der Waals surface area contributed by atoms with Crippen molar-refractivity contribution < 1.29 is 4.39 Å². The normalized spacial score (nSPS) is 18.2. The fraction of sp³-hybridized carbons (Fsp3) is 0.625. The summed E-state index contributed by atoms with van der Waals surface area (Å²) in [6, 6.07) is 7.46. The first-order valence-electron chi connectivity index (χ1n) is 7.66. The monoisotopic (exact) mass is 279 g/mol. The molecule has 0 bridgehead atoms. The summed E-state index contributed by atoms with van der Waals surface area (Å²) < 4.78 is 12.9. The molecule has 20 heavy (non-hydrogen) atoms. The Morgan fingerprint density at radius 3 is 2.40 bits per heavy atom. The van der Waals surface area contributed by atoms with Crippen LogP contribution in [0.25, 0.3) is 0 Å². The van der Waals surface area contributed by atoms with E-state index in [1.807, 2.05) is 12.1 Å². The van der Waals surface area contributed by atoms with Crippen LogP contribution >= 0.6 is 0 Å². The fourth-order valence-corrected chi connectivity index (χ4v) is 2.74. The molecule has 1 aliphatic heterocycles. The highest BCUT2D eigenvalue weighted by Crippen LogP contribution is 2.18.